The van der Waals surface area contributed by atoms with Crippen LogP contribution >= 0.6 is 0 Å². The Bertz CT molecular complexity index is 803. The van der Waals surface area contributed by atoms with Gasteiger partial charge in [-0.1, -0.05) is 18.2 Å². The number of hydrogen-bond donors (Lipinski definition) is 2. The SMILES string of the molecule is O=C(N/N=C/c1ccc(OCC(=O)N2CCOCC2)cc1)Nc1ccccc1. The highest BCUT2D eigenvalue weighted by Crippen LogP contribution is 2.11. The molecule has 0 bridgehead atoms. The van der Waals surface area contributed by atoms with E-state index in [4.69, 9.17) is 9.47 Å². The first-order valence-electron chi connectivity index (χ1n) is 8.94. The van der Waals surface area contributed by atoms with Gasteiger partial charge < -0.3 is 19.7 Å². The standard InChI is InChI=1S/C20H22N4O4/c25-19(24-10-12-27-13-11-24)15-28-18-8-6-16(7-9-18)14-21-23-20(26)22-17-4-2-1-3-5-17/h1-9,14H,10-13,15H2,(H2,22,23,26)/b21-14+. The van der Waals surface area contributed by atoms with E-state index >= 15 is 0 Å². The first-order chi connectivity index (χ1) is 13.7. The van der Waals surface area contributed by atoms with Gasteiger partial charge in [0.2, 0.25) is 0 Å². The largest absolute Gasteiger partial charge is 0.484 e. The van der Waals surface area contributed by atoms with Gasteiger partial charge in [0.15, 0.2) is 6.61 Å². The molecule has 0 radical (unpaired) electrons. The fourth-order valence-electron chi connectivity index (χ4n) is 2.55. The van der Waals surface area contributed by atoms with E-state index in [1.165, 1.54) is 6.21 Å². The summed E-state index contributed by atoms with van der Waals surface area (Å²) in [5.41, 5.74) is 3.87. The van der Waals surface area contributed by atoms with E-state index in [0.29, 0.717) is 37.7 Å². The van der Waals surface area contributed by atoms with Crippen molar-refractivity contribution in [3.8, 4) is 5.75 Å². The number of hydrogen-bond acceptors (Lipinski definition) is 5. The second kappa shape index (κ2) is 10.1. The zero-order valence-electron chi connectivity index (χ0n) is 15.3. The normalized spacial score (nSPS) is 13.9. The third kappa shape index (κ3) is 6.10. The van der Waals surface area contributed by atoms with Gasteiger partial charge in [-0.2, -0.15) is 5.10 Å². The number of hydrazone groups is 1. The summed E-state index contributed by atoms with van der Waals surface area (Å²) in [6.45, 7) is 2.33. The number of urea groups is 1. The fourth-order valence-corrected chi connectivity index (χ4v) is 2.55. The van der Waals surface area contributed by atoms with Crippen LogP contribution in [0.4, 0.5) is 10.5 Å². The average molecular weight is 382 g/mol. The molecule has 0 saturated carbocycles. The summed E-state index contributed by atoms with van der Waals surface area (Å²) < 4.78 is 10.8. The highest BCUT2D eigenvalue weighted by atomic mass is 16.5. The van der Waals surface area contributed by atoms with Crippen molar-refractivity contribution in [2.24, 2.45) is 5.10 Å². The molecule has 146 valence electrons. The minimum Gasteiger partial charge on any atom is -0.484 e. The van der Waals surface area contributed by atoms with Crippen LogP contribution in [-0.2, 0) is 9.53 Å². The zero-order chi connectivity index (χ0) is 19.6. The molecule has 1 heterocycles. The van der Waals surface area contributed by atoms with Gasteiger partial charge in [-0.3, -0.25) is 4.79 Å². The first-order valence-corrected chi connectivity index (χ1v) is 8.94. The highest BCUT2D eigenvalue weighted by molar-refractivity contribution is 5.90. The number of rotatable bonds is 6. The van der Waals surface area contributed by atoms with Gasteiger partial charge in [0.25, 0.3) is 5.91 Å². The molecule has 0 aromatic heterocycles. The van der Waals surface area contributed by atoms with Crippen LogP contribution < -0.4 is 15.5 Å². The molecule has 8 heteroatoms. The lowest BCUT2D eigenvalue weighted by molar-refractivity contribution is -0.137. The molecule has 0 atom stereocenters. The molecule has 8 nitrogen and oxygen atoms in total. The number of para-hydroxylation sites is 1. The molecule has 2 N–H and O–H groups in total. The van der Waals surface area contributed by atoms with Crippen molar-refractivity contribution >= 4 is 23.8 Å². The average Bonchev–Trinajstić information content (AvgIpc) is 2.74. The van der Waals surface area contributed by atoms with E-state index in [2.05, 4.69) is 15.8 Å². The van der Waals surface area contributed by atoms with Crippen molar-refractivity contribution in [2.75, 3.05) is 38.2 Å². The van der Waals surface area contributed by atoms with E-state index in [-0.39, 0.29) is 12.5 Å². The summed E-state index contributed by atoms with van der Waals surface area (Å²) in [5.74, 6) is 0.538. The molecule has 1 aliphatic heterocycles. The lowest BCUT2D eigenvalue weighted by Crippen LogP contribution is -2.42. The lowest BCUT2D eigenvalue weighted by Gasteiger charge is -2.26. The molecule has 2 aromatic carbocycles. The Kier molecular flexibility index (Phi) is 6.97. The number of nitrogens with one attached hydrogen (secondary N) is 2. The number of ether oxygens (including phenoxy) is 2. The van der Waals surface area contributed by atoms with Crippen LogP contribution in [0.25, 0.3) is 0 Å². The maximum Gasteiger partial charge on any atom is 0.339 e. The van der Waals surface area contributed by atoms with Crippen molar-refractivity contribution in [2.45, 2.75) is 0 Å². The van der Waals surface area contributed by atoms with Crippen molar-refractivity contribution in [3.05, 3.63) is 60.2 Å². The molecular weight excluding hydrogens is 360 g/mol. The quantitative estimate of drug-likeness (QED) is 0.591. The monoisotopic (exact) mass is 382 g/mol. The summed E-state index contributed by atoms with van der Waals surface area (Å²) in [7, 11) is 0. The number of amides is 3. The van der Waals surface area contributed by atoms with Crippen LogP contribution in [0.1, 0.15) is 5.56 Å². The Morgan fingerprint density at radius 2 is 1.79 bits per heavy atom. The summed E-state index contributed by atoms with van der Waals surface area (Å²) in [6.07, 6.45) is 1.52. The van der Waals surface area contributed by atoms with Crippen molar-refractivity contribution < 1.29 is 19.1 Å². The van der Waals surface area contributed by atoms with Crippen LogP contribution in [-0.4, -0.2) is 56.0 Å². The Hall–Kier alpha value is -3.39. The first kappa shape index (κ1) is 19.4. The van der Waals surface area contributed by atoms with E-state index in [1.54, 1.807) is 41.3 Å². The summed E-state index contributed by atoms with van der Waals surface area (Å²) in [4.78, 5) is 25.5. The second-order valence-electron chi connectivity index (χ2n) is 6.04. The minimum atomic E-state index is -0.427. The molecule has 3 amide bonds. The van der Waals surface area contributed by atoms with E-state index in [9.17, 15) is 9.59 Å². The number of carbonyl (C=O) groups excluding carboxylic acids is 2. The zero-order valence-corrected chi connectivity index (χ0v) is 15.3. The van der Waals surface area contributed by atoms with Gasteiger partial charge in [-0.05, 0) is 42.0 Å². The fraction of sp³-hybridized carbons (Fsp3) is 0.250. The second-order valence-corrected chi connectivity index (χ2v) is 6.04. The highest BCUT2D eigenvalue weighted by Gasteiger charge is 2.16. The molecule has 1 saturated heterocycles. The molecule has 0 spiro atoms. The molecule has 28 heavy (non-hydrogen) atoms. The molecule has 0 unspecified atom stereocenters. The maximum absolute atomic E-state index is 12.1. The predicted molar refractivity (Wildman–Crippen MR) is 106 cm³/mol. The Balaban J connectivity index is 1.41. The molecular formula is C20H22N4O4. The number of carbonyl (C=O) groups is 2. The van der Waals surface area contributed by atoms with Crippen LogP contribution in [0.15, 0.2) is 59.7 Å². The lowest BCUT2D eigenvalue weighted by atomic mass is 10.2. The van der Waals surface area contributed by atoms with Crippen LogP contribution in [0.3, 0.4) is 0 Å². The van der Waals surface area contributed by atoms with Crippen LogP contribution in [0.5, 0.6) is 5.75 Å². The van der Waals surface area contributed by atoms with Crippen molar-refractivity contribution in [1.29, 1.82) is 0 Å². The molecule has 2 aromatic rings. The minimum absolute atomic E-state index is 0.00531. The van der Waals surface area contributed by atoms with E-state index < -0.39 is 6.03 Å². The van der Waals surface area contributed by atoms with E-state index in [1.807, 2.05) is 18.2 Å². The molecule has 3 rings (SSSR count). The van der Waals surface area contributed by atoms with Gasteiger partial charge in [-0.25, -0.2) is 10.2 Å². The van der Waals surface area contributed by atoms with Gasteiger partial charge in [0.05, 0.1) is 19.4 Å². The van der Waals surface area contributed by atoms with Crippen molar-refractivity contribution in [1.82, 2.24) is 10.3 Å². The van der Waals surface area contributed by atoms with Crippen molar-refractivity contribution in [3.63, 3.8) is 0 Å². The van der Waals surface area contributed by atoms with Gasteiger partial charge >= 0.3 is 6.03 Å². The topological polar surface area (TPSA) is 92.3 Å². The third-order valence-corrected chi connectivity index (χ3v) is 4.02. The van der Waals surface area contributed by atoms with Gasteiger partial charge in [-0.15, -0.1) is 0 Å². The van der Waals surface area contributed by atoms with Gasteiger partial charge in [0, 0.05) is 18.8 Å². The smallest absolute Gasteiger partial charge is 0.339 e. The Morgan fingerprint density at radius 1 is 1.07 bits per heavy atom. The molecule has 1 fully saturated rings. The third-order valence-electron chi connectivity index (χ3n) is 4.02. The number of benzene rings is 2. The maximum atomic E-state index is 12.1. The Morgan fingerprint density at radius 3 is 2.50 bits per heavy atom. The van der Waals surface area contributed by atoms with Crippen LogP contribution in [0.2, 0.25) is 0 Å². The molecule has 1 aliphatic rings. The number of anilines is 1. The predicted octanol–water partition coefficient (Wildman–Crippen LogP) is 2.08. The van der Waals surface area contributed by atoms with Crippen LogP contribution in [0, 0.1) is 0 Å². The summed E-state index contributed by atoms with van der Waals surface area (Å²) in [6, 6.07) is 15.7. The molecule has 0 aliphatic carbocycles. The Labute approximate surface area is 163 Å². The van der Waals surface area contributed by atoms with Gasteiger partial charge in [0.1, 0.15) is 5.75 Å². The number of morpholine rings is 1. The number of nitrogens with zero attached hydrogens (tertiary/aromatic N) is 2. The summed E-state index contributed by atoms with van der Waals surface area (Å²) >= 11 is 0. The summed E-state index contributed by atoms with van der Waals surface area (Å²) in [5, 5.41) is 6.57. The van der Waals surface area contributed by atoms with E-state index in [0.717, 1.165) is 5.56 Å².